The van der Waals surface area contributed by atoms with Crippen molar-refractivity contribution in [3.05, 3.63) is 35.9 Å². The largest absolute Gasteiger partial charge is 0.460 e. The molecule has 2 aliphatic heterocycles. The molecule has 0 radical (unpaired) electrons. The predicted octanol–water partition coefficient (Wildman–Crippen LogP) is 4.00. The molecule has 0 N–H and O–H groups in total. The van der Waals surface area contributed by atoms with E-state index in [1.807, 2.05) is 56.0 Å². The average molecular weight is 445 g/mol. The van der Waals surface area contributed by atoms with E-state index in [9.17, 15) is 14.4 Å². The predicted molar refractivity (Wildman–Crippen MR) is 121 cm³/mol. The molecule has 7 heteroatoms. The fourth-order valence-electron chi connectivity index (χ4n) is 4.66. The Balaban J connectivity index is 1.60. The van der Waals surface area contributed by atoms with Gasteiger partial charge in [0, 0.05) is 25.7 Å². The molecule has 0 spiro atoms. The minimum absolute atomic E-state index is 0.0352. The first-order valence-electron chi connectivity index (χ1n) is 11.7. The fraction of sp³-hybridized carbons (Fsp3) is 0.640. The van der Waals surface area contributed by atoms with E-state index >= 15 is 0 Å². The average Bonchev–Trinajstić information content (AvgIpc) is 3.13. The molecule has 32 heavy (non-hydrogen) atoms. The number of rotatable bonds is 6. The molecular formula is C25H36N2O5. The third-order valence-corrected chi connectivity index (χ3v) is 6.15. The number of piperidine rings is 1. The van der Waals surface area contributed by atoms with Gasteiger partial charge in [-0.25, -0.2) is 4.79 Å². The molecule has 1 aromatic carbocycles. The number of benzene rings is 1. The second kappa shape index (κ2) is 10.4. The molecule has 2 aliphatic rings. The second-order valence-electron chi connectivity index (χ2n) is 9.80. The van der Waals surface area contributed by atoms with Crippen molar-refractivity contribution in [2.24, 2.45) is 11.8 Å². The summed E-state index contributed by atoms with van der Waals surface area (Å²) in [6, 6.07) is 9.51. The van der Waals surface area contributed by atoms with E-state index in [2.05, 4.69) is 6.92 Å². The van der Waals surface area contributed by atoms with Crippen LogP contribution in [-0.2, 0) is 25.7 Å². The van der Waals surface area contributed by atoms with Crippen molar-refractivity contribution in [3.8, 4) is 0 Å². The van der Waals surface area contributed by atoms with Gasteiger partial charge in [0.05, 0.1) is 0 Å². The number of likely N-dealkylation sites (tertiary alicyclic amines) is 2. The van der Waals surface area contributed by atoms with E-state index in [1.165, 1.54) is 0 Å². The molecule has 3 atom stereocenters. The Kier molecular flexibility index (Phi) is 7.80. The Bertz CT molecular complexity index is 804. The summed E-state index contributed by atoms with van der Waals surface area (Å²) in [5, 5.41) is 0. The lowest BCUT2D eigenvalue weighted by molar-refractivity contribution is -0.154. The van der Waals surface area contributed by atoms with Crippen LogP contribution in [-0.4, -0.2) is 59.0 Å². The summed E-state index contributed by atoms with van der Waals surface area (Å²) in [5.41, 5.74) is 0.368. The van der Waals surface area contributed by atoms with Gasteiger partial charge in [-0.05, 0) is 51.5 Å². The number of esters is 1. The molecule has 2 saturated heterocycles. The van der Waals surface area contributed by atoms with Crippen LogP contribution in [0.1, 0.15) is 58.9 Å². The fourth-order valence-corrected chi connectivity index (χ4v) is 4.66. The third-order valence-electron chi connectivity index (χ3n) is 6.15. The van der Waals surface area contributed by atoms with Crippen molar-refractivity contribution < 1.29 is 23.9 Å². The van der Waals surface area contributed by atoms with E-state index in [4.69, 9.17) is 9.47 Å². The highest BCUT2D eigenvalue weighted by Gasteiger charge is 2.45. The number of amides is 2. The van der Waals surface area contributed by atoms with E-state index in [1.54, 1.807) is 4.90 Å². The van der Waals surface area contributed by atoms with Gasteiger partial charge in [-0.3, -0.25) is 9.59 Å². The molecule has 0 unspecified atom stereocenters. The van der Waals surface area contributed by atoms with E-state index < -0.39 is 17.5 Å². The summed E-state index contributed by atoms with van der Waals surface area (Å²) in [6.07, 6.45) is 2.76. The molecule has 0 bridgehead atoms. The van der Waals surface area contributed by atoms with E-state index in [0.29, 0.717) is 32.5 Å². The summed E-state index contributed by atoms with van der Waals surface area (Å²) in [5.74, 6) is -1.14. The van der Waals surface area contributed by atoms with Crippen LogP contribution < -0.4 is 0 Å². The molecule has 7 nitrogen and oxygen atoms in total. The van der Waals surface area contributed by atoms with Crippen LogP contribution in [0.5, 0.6) is 0 Å². The minimum Gasteiger partial charge on any atom is -0.460 e. The smallest absolute Gasteiger partial charge is 0.410 e. The molecule has 3 rings (SSSR count). The number of carbonyl (C=O) groups excluding carboxylic acids is 3. The summed E-state index contributed by atoms with van der Waals surface area (Å²) in [7, 11) is 0. The minimum atomic E-state index is -0.732. The zero-order valence-electron chi connectivity index (χ0n) is 19.7. The molecule has 2 fully saturated rings. The molecule has 176 valence electrons. The lowest BCUT2D eigenvalue weighted by Gasteiger charge is -2.43. The Morgan fingerprint density at radius 3 is 2.47 bits per heavy atom. The molecule has 2 heterocycles. The zero-order valence-corrected chi connectivity index (χ0v) is 19.7. The Labute approximate surface area is 191 Å². The topological polar surface area (TPSA) is 76.2 Å². The zero-order chi connectivity index (χ0) is 23.3. The van der Waals surface area contributed by atoms with E-state index in [-0.39, 0.29) is 30.6 Å². The Morgan fingerprint density at radius 1 is 1.09 bits per heavy atom. The van der Waals surface area contributed by atoms with Crippen molar-refractivity contribution in [2.75, 3.05) is 19.6 Å². The maximum Gasteiger partial charge on any atom is 0.410 e. The molecule has 0 saturated carbocycles. The van der Waals surface area contributed by atoms with Crippen molar-refractivity contribution in [1.29, 1.82) is 0 Å². The van der Waals surface area contributed by atoms with Crippen LogP contribution in [0.4, 0.5) is 4.79 Å². The number of hydrogen-bond acceptors (Lipinski definition) is 5. The van der Waals surface area contributed by atoms with Gasteiger partial charge in [0.1, 0.15) is 18.1 Å². The summed E-state index contributed by atoms with van der Waals surface area (Å²) in [4.78, 5) is 41.9. The Hall–Kier alpha value is -2.57. The van der Waals surface area contributed by atoms with Crippen molar-refractivity contribution in [3.63, 3.8) is 0 Å². The van der Waals surface area contributed by atoms with Crippen molar-refractivity contribution in [2.45, 2.75) is 71.6 Å². The molecular weight excluding hydrogens is 408 g/mol. The first-order valence-corrected chi connectivity index (χ1v) is 11.7. The lowest BCUT2D eigenvalue weighted by Crippen LogP contribution is -2.54. The maximum absolute atomic E-state index is 13.1. The van der Waals surface area contributed by atoms with Crippen LogP contribution in [0, 0.1) is 11.8 Å². The molecule has 2 amide bonds. The van der Waals surface area contributed by atoms with Crippen LogP contribution in [0.25, 0.3) is 0 Å². The quantitative estimate of drug-likeness (QED) is 0.490. The lowest BCUT2D eigenvalue weighted by atomic mass is 9.87. The monoisotopic (exact) mass is 444 g/mol. The Morgan fingerprint density at radius 2 is 1.81 bits per heavy atom. The molecule has 0 aliphatic carbocycles. The van der Waals surface area contributed by atoms with Gasteiger partial charge < -0.3 is 19.3 Å². The van der Waals surface area contributed by atoms with Crippen LogP contribution in [0.3, 0.4) is 0 Å². The SMILES string of the molecule is CCC[C@@H]1CN(C(=O)OC(C)(C)C)CC[C@@H]1N1CC[C@H](C(=O)OCc2ccccc2)C1=O. The van der Waals surface area contributed by atoms with Crippen LogP contribution >= 0.6 is 0 Å². The van der Waals surface area contributed by atoms with Crippen LogP contribution in [0.2, 0.25) is 0 Å². The standard InChI is InChI=1S/C25H36N2O5/c1-5-9-19-16-26(24(30)32-25(2,3)4)14-13-21(19)27-15-12-20(22(27)28)23(29)31-17-18-10-7-6-8-11-18/h6-8,10-11,19-21H,5,9,12-17H2,1-4H3/t19-,20+,21+/m1/s1. The summed E-state index contributed by atoms with van der Waals surface area (Å²) < 4.78 is 11.0. The first-order chi connectivity index (χ1) is 15.2. The van der Waals surface area contributed by atoms with Gasteiger partial charge in [0.2, 0.25) is 5.91 Å². The van der Waals surface area contributed by atoms with E-state index in [0.717, 1.165) is 18.4 Å². The van der Waals surface area contributed by atoms with Gasteiger partial charge in [-0.15, -0.1) is 0 Å². The van der Waals surface area contributed by atoms with Crippen molar-refractivity contribution in [1.82, 2.24) is 9.80 Å². The second-order valence-corrected chi connectivity index (χ2v) is 9.80. The van der Waals surface area contributed by atoms with Gasteiger partial charge in [-0.2, -0.15) is 0 Å². The maximum atomic E-state index is 13.1. The van der Waals surface area contributed by atoms with Gasteiger partial charge in [0.25, 0.3) is 0 Å². The molecule has 0 aromatic heterocycles. The highest BCUT2D eigenvalue weighted by molar-refractivity contribution is 5.99. The highest BCUT2D eigenvalue weighted by atomic mass is 16.6. The molecule has 1 aromatic rings. The summed E-state index contributed by atoms with van der Waals surface area (Å²) >= 11 is 0. The summed E-state index contributed by atoms with van der Waals surface area (Å²) in [6.45, 7) is 9.55. The highest BCUT2D eigenvalue weighted by Crippen LogP contribution is 2.32. The van der Waals surface area contributed by atoms with Gasteiger partial charge in [0.15, 0.2) is 0 Å². The van der Waals surface area contributed by atoms with Gasteiger partial charge >= 0.3 is 12.1 Å². The first kappa shape index (κ1) is 24.1. The van der Waals surface area contributed by atoms with Gasteiger partial charge in [-0.1, -0.05) is 43.7 Å². The number of nitrogens with zero attached hydrogens (tertiary/aromatic N) is 2. The number of carbonyl (C=O) groups is 3. The number of ether oxygens (including phenoxy) is 2. The number of hydrogen-bond donors (Lipinski definition) is 0. The normalized spacial score (nSPS) is 23.9. The van der Waals surface area contributed by atoms with Crippen molar-refractivity contribution >= 4 is 18.0 Å². The third kappa shape index (κ3) is 6.02. The van der Waals surface area contributed by atoms with Crippen LogP contribution in [0.15, 0.2) is 30.3 Å².